The quantitative estimate of drug-likeness (QED) is 0.516. The molecule has 2 rings (SSSR count). The Kier molecular flexibility index (Phi) is 1.40. The summed E-state index contributed by atoms with van der Waals surface area (Å²) in [7, 11) is 0. The number of carbonyl (C=O) groups excluding carboxylic acids is 1. The maximum Gasteiger partial charge on any atom is 0.306 e. The summed E-state index contributed by atoms with van der Waals surface area (Å²) in [6.07, 6.45) is 5.81. The minimum Gasteiger partial charge on any atom is -0.462 e. The van der Waals surface area contributed by atoms with Crippen LogP contribution in [-0.2, 0) is 9.53 Å². The van der Waals surface area contributed by atoms with Crippen LogP contribution in [0.2, 0.25) is 0 Å². The Morgan fingerprint density at radius 3 is 2.50 bits per heavy atom. The lowest BCUT2D eigenvalue weighted by Gasteiger charge is -2.29. The Balaban J connectivity index is 1.88. The second-order valence-corrected chi connectivity index (χ2v) is 3.26. The minimum absolute atomic E-state index is 0.0110. The molecule has 0 amide bonds. The van der Waals surface area contributed by atoms with Crippen LogP contribution in [0.1, 0.15) is 32.1 Å². The van der Waals surface area contributed by atoms with Crippen molar-refractivity contribution >= 4 is 5.97 Å². The van der Waals surface area contributed by atoms with Gasteiger partial charge in [0, 0.05) is 6.42 Å². The monoisotopic (exact) mass is 140 g/mol. The van der Waals surface area contributed by atoms with Crippen molar-refractivity contribution in [3.8, 4) is 0 Å². The van der Waals surface area contributed by atoms with Crippen molar-refractivity contribution in [1.82, 2.24) is 0 Å². The average Bonchev–Trinajstić information content (AvgIpc) is 2.10. The summed E-state index contributed by atoms with van der Waals surface area (Å²) in [5.41, 5.74) is 0. The van der Waals surface area contributed by atoms with E-state index in [1.54, 1.807) is 0 Å². The molecule has 0 radical (unpaired) electrons. The second kappa shape index (κ2) is 2.26. The van der Waals surface area contributed by atoms with Crippen molar-refractivity contribution in [3.63, 3.8) is 0 Å². The standard InChI is InChI=1S/C8H12O2/c9-8-5-4-7(10-8)6-2-1-3-6/h6-7H,1-5H2. The molecule has 1 aliphatic carbocycles. The number of rotatable bonds is 1. The number of hydrogen-bond acceptors (Lipinski definition) is 2. The normalized spacial score (nSPS) is 33.6. The minimum atomic E-state index is 0.0110. The summed E-state index contributed by atoms with van der Waals surface area (Å²) in [5, 5.41) is 0. The van der Waals surface area contributed by atoms with Gasteiger partial charge in [0.25, 0.3) is 0 Å². The summed E-state index contributed by atoms with van der Waals surface area (Å²) in [6, 6.07) is 0. The lowest BCUT2D eigenvalue weighted by atomic mass is 9.80. The number of esters is 1. The molecule has 56 valence electrons. The van der Waals surface area contributed by atoms with Crippen molar-refractivity contribution in [2.45, 2.75) is 38.2 Å². The fourth-order valence-electron chi connectivity index (χ4n) is 1.69. The third-order valence-electron chi connectivity index (χ3n) is 2.59. The molecule has 0 bridgehead atoms. The zero-order valence-electron chi connectivity index (χ0n) is 6.01. The van der Waals surface area contributed by atoms with E-state index in [1.165, 1.54) is 19.3 Å². The SMILES string of the molecule is O=C1CCC(C2CCC2)O1. The first kappa shape index (κ1) is 6.20. The zero-order chi connectivity index (χ0) is 6.97. The molecule has 2 heteroatoms. The van der Waals surface area contributed by atoms with E-state index in [0.717, 1.165) is 6.42 Å². The van der Waals surface area contributed by atoms with E-state index in [-0.39, 0.29) is 5.97 Å². The van der Waals surface area contributed by atoms with E-state index >= 15 is 0 Å². The predicted molar refractivity (Wildman–Crippen MR) is 36.5 cm³/mol. The van der Waals surface area contributed by atoms with Crippen LogP contribution in [0, 0.1) is 5.92 Å². The number of carbonyl (C=O) groups is 1. The maximum atomic E-state index is 10.7. The fraction of sp³-hybridized carbons (Fsp3) is 0.875. The van der Waals surface area contributed by atoms with Gasteiger partial charge in [0.05, 0.1) is 0 Å². The van der Waals surface area contributed by atoms with E-state index < -0.39 is 0 Å². The molecular weight excluding hydrogens is 128 g/mol. The maximum absolute atomic E-state index is 10.7. The molecule has 0 aromatic rings. The summed E-state index contributed by atoms with van der Waals surface area (Å²) < 4.78 is 5.13. The highest BCUT2D eigenvalue weighted by atomic mass is 16.5. The summed E-state index contributed by atoms with van der Waals surface area (Å²) in [6.45, 7) is 0. The summed E-state index contributed by atoms with van der Waals surface area (Å²) in [5.74, 6) is 0.725. The Morgan fingerprint density at radius 1 is 1.30 bits per heavy atom. The van der Waals surface area contributed by atoms with E-state index in [1.807, 2.05) is 0 Å². The third kappa shape index (κ3) is 0.917. The molecule has 0 aromatic carbocycles. The van der Waals surface area contributed by atoms with Crippen LogP contribution in [0.5, 0.6) is 0 Å². The molecule has 2 nitrogen and oxygen atoms in total. The molecule has 2 aliphatic rings. The van der Waals surface area contributed by atoms with Gasteiger partial charge in [-0.1, -0.05) is 6.42 Å². The van der Waals surface area contributed by atoms with Crippen LogP contribution in [-0.4, -0.2) is 12.1 Å². The first-order chi connectivity index (χ1) is 4.86. The van der Waals surface area contributed by atoms with Gasteiger partial charge >= 0.3 is 5.97 Å². The molecule has 10 heavy (non-hydrogen) atoms. The second-order valence-electron chi connectivity index (χ2n) is 3.26. The molecule has 0 N–H and O–H groups in total. The molecule has 2 fully saturated rings. The van der Waals surface area contributed by atoms with Gasteiger partial charge in [0.1, 0.15) is 6.10 Å². The van der Waals surface area contributed by atoms with Crippen LogP contribution >= 0.6 is 0 Å². The van der Waals surface area contributed by atoms with Crippen LogP contribution in [0.4, 0.5) is 0 Å². The van der Waals surface area contributed by atoms with Crippen LogP contribution in [0.3, 0.4) is 0 Å². The molecule has 1 saturated carbocycles. The van der Waals surface area contributed by atoms with E-state index in [9.17, 15) is 4.79 Å². The van der Waals surface area contributed by atoms with E-state index in [2.05, 4.69) is 0 Å². The van der Waals surface area contributed by atoms with Gasteiger partial charge in [-0.25, -0.2) is 0 Å². The van der Waals surface area contributed by atoms with Gasteiger partial charge in [0.15, 0.2) is 0 Å². The van der Waals surface area contributed by atoms with Gasteiger partial charge in [-0.05, 0) is 25.2 Å². The molecule has 1 saturated heterocycles. The van der Waals surface area contributed by atoms with Crippen LogP contribution < -0.4 is 0 Å². The van der Waals surface area contributed by atoms with Crippen molar-refractivity contribution in [2.24, 2.45) is 5.92 Å². The zero-order valence-corrected chi connectivity index (χ0v) is 6.01. The molecular formula is C8H12O2. The van der Waals surface area contributed by atoms with Gasteiger partial charge in [-0.15, -0.1) is 0 Å². The van der Waals surface area contributed by atoms with Crippen molar-refractivity contribution < 1.29 is 9.53 Å². The summed E-state index contributed by atoms with van der Waals surface area (Å²) >= 11 is 0. The number of cyclic esters (lactones) is 1. The summed E-state index contributed by atoms with van der Waals surface area (Å²) in [4.78, 5) is 10.7. The first-order valence-electron chi connectivity index (χ1n) is 4.06. The Labute approximate surface area is 60.6 Å². The van der Waals surface area contributed by atoms with Crippen LogP contribution in [0.25, 0.3) is 0 Å². The third-order valence-corrected chi connectivity index (χ3v) is 2.59. The highest BCUT2D eigenvalue weighted by molar-refractivity contribution is 5.71. The number of ether oxygens (including phenoxy) is 1. The molecule has 1 atom stereocenters. The highest BCUT2D eigenvalue weighted by Crippen LogP contribution is 2.35. The van der Waals surface area contributed by atoms with Gasteiger partial charge in [0.2, 0.25) is 0 Å². The van der Waals surface area contributed by atoms with Crippen LogP contribution in [0.15, 0.2) is 0 Å². The average molecular weight is 140 g/mol. The van der Waals surface area contributed by atoms with Crippen molar-refractivity contribution in [1.29, 1.82) is 0 Å². The molecule has 0 spiro atoms. The first-order valence-corrected chi connectivity index (χ1v) is 4.06. The topological polar surface area (TPSA) is 26.3 Å². The fourth-order valence-corrected chi connectivity index (χ4v) is 1.69. The molecule has 1 aliphatic heterocycles. The molecule has 1 unspecified atom stereocenters. The van der Waals surface area contributed by atoms with Gasteiger partial charge in [-0.2, -0.15) is 0 Å². The lowest BCUT2D eigenvalue weighted by Crippen LogP contribution is -2.26. The lowest BCUT2D eigenvalue weighted by molar-refractivity contribution is -0.144. The Morgan fingerprint density at radius 2 is 2.10 bits per heavy atom. The van der Waals surface area contributed by atoms with Gasteiger partial charge in [-0.3, -0.25) is 4.79 Å². The van der Waals surface area contributed by atoms with E-state index in [4.69, 9.17) is 4.74 Å². The smallest absolute Gasteiger partial charge is 0.306 e. The van der Waals surface area contributed by atoms with Gasteiger partial charge < -0.3 is 4.74 Å². The predicted octanol–water partition coefficient (Wildman–Crippen LogP) is 1.49. The Bertz CT molecular complexity index is 149. The Hall–Kier alpha value is -0.530. The van der Waals surface area contributed by atoms with E-state index in [0.29, 0.717) is 18.4 Å². The van der Waals surface area contributed by atoms with Crippen molar-refractivity contribution in [2.75, 3.05) is 0 Å². The molecule has 1 heterocycles. The van der Waals surface area contributed by atoms with Crippen molar-refractivity contribution in [3.05, 3.63) is 0 Å². The highest BCUT2D eigenvalue weighted by Gasteiger charge is 2.34. The largest absolute Gasteiger partial charge is 0.462 e. The molecule has 0 aromatic heterocycles. The number of hydrogen-bond donors (Lipinski definition) is 0.